The highest BCUT2D eigenvalue weighted by atomic mass is 79.9. The van der Waals surface area contributed by atoms with Gasteiger partial charge in [-0.05, 0) is 46.2 Å². The SMILES string of the molecule is CCNC(c1cc(Cl)c(Br)s1)c1ccc(F)cc1Cl. The summed E-state index contributed by atoms with van der Waals surface area (Å²) < 4.78 is 14.0. The highest BCUT2D eigenvalue weighted by molar-refractivity contribution is 9.11. The lowest BCUT2D eigenvalue weighted by Gasteiger charge is -2.18. The molecule has 0 saturated heterocycles. The number of benzene rings is 1. The van der Waals surface area contributed by atoms with Crippen LogP contribution < -0.4 is 5.32 Å². The summed E-state index contributed by atoms with van der Waals surface area (Å²) in [6.07, 6.45) is 0. The lowest BCUT2D eigenvalue weighted by Crippen LogP contribution is -2.21. The standard InChI is InChI=1S/C13H11BrCl2FNS/c1-2-18-12(11-6-10(16)13(14)19-11)8-4-3-7(17)5-9(8)15/h3-6,12,18H,2H2,1H3. The second kappa shape index (κ2) is 6.55. The van der Waals surface area contributed by atoms with Gasteiger partial charge in [-0.15, -0.1) is 11.3 Å². The Labute approximate surface area is 133 Å². The molecular formula is C13H11BrCl2FNS. The fourth-order valence-electron chi connectivity index (χ4n) is 1.81. The molecule has 0 saturated carbocycles. The Balaban J connectivity index is 2.44. The van der Waals surface area contributed by atoms with E-state index in [2.05, 4.69) is 21.2 Å². The minimum absolute atomic E-state index is 0.0908. The van der Waals surface area contributed by atoms with Crippen LogP contribution in [-0.4, -0.2) is 6.54 Å². The fraction of sp³-hybridized carbons (Fsp3) is 0.231. The molecule has 0 spiro atoms. The van der Waals surface area contributed by atoms with Crippen molar-refractivity contribution in [1.82, 2.24) is 5.32 Å². The predicted octanol–water partition coefficient (Wildman–Crippen LogP) is 5.66. The van der Waals surface area contributed by atoms with Crippen LogP contribution in [0.1, 0.15) is 23.4 Å². The molecule has 1 aromatic heterocycles. The average molecular weight is 383 g/mol. The van der Waals surface area contributed by atoms with Gasteiger partial charge in [0.2, 0.25) is 0 Å². The number of rotatable bonds is 4. The normalized spacial score (nSPS) is 12.7. The van der Waals surface area contributed by atoms with E-state index >= 15 is 0 Å². The summed E-state index contributed by atoms with van der Waals surface area (Å²) in [6.45, 7) is 2.78. The average Bonchev–Trinajstić information content (AvgIpc) is 2.67. The van der Waals surface area contributed by atoms with Crippen LogP contribution in [0, 0.1) is 5.82 Å². The topological polar surface area (TPSA) is 12.0 Å². The lowest BCUT2D eigenvalue weighted by atomic mass is 10.1. The van der Waals surface area contributed by atoms with E-state index in [0.717, 1.165) is 20.8 Å². The zero-order chi connectivity index (χ0) is 14.0. The number of halogens is 4. The number of hydrogen-bond donors (Lipinski definition) is 1. The van der Waals surface area contributed by atoms with E-state index < -0.39 is 0 Å². The van der Waals surface area contributed by atoms with Crippen molar-refractivity contribution in [3.05, 3.63) is 54.4 Å². The Hall–Kier alpha value is -0.130. The third-order valence-corrected chi connectivity index (χ3v) is 5.50. The molecule has 1 N–H and O–H groups in total. The Morgan fingerprint density at radius 1 is 1.32 bits per heavy atom. The van der Waals surface area contributed by atoms with Crippen LogP contribution in [0.4, 0.5) is 4.39 Å². The number of thiophene rings is 1. The summed E-state index contributed by atoms with van der Waals surface area (Å²) in [6, 6.07) is 6.24. The molecule has 1 nitrogen and oxygen atoms in total. The van der Waals surface area contributed by atoms with Gasteiger partial charge in [0.15, 0.2) is 0 Å². The summed E-state index contributed by atoms with van der Waals surface area (Å²) in [4.78, 5) is 1.03. The van der Waals surface area contributed by atoms with Crippen molar-refractivity contribution in [2.24, 2.45) is 0 Å². The van der Waals surface area contributed by atoms with Gasteiger partial charge in [0.25, 0.3) is 0 Å². The number of hydrogen-bond acceptors (Lipinski definition) is 2. The molecule has 2 rings (SSSR count). The zero-order valence-corrected chi connectivity index (χ0v) is 13.9. The van der Waals surface area contributed by atoms with Crippen molar-refractivity contribution < 1.29 is 4.39 Å². The first-order valence-electron chi connectivity index (χ1n) is 5.66. The van der Waals surface area contributed by atoms with Crippen LogP contribution in [0.5, 0.6) is 0 Å². The molecule has 0 aliphatic carbocycles. The summed E-state index contributed by atoms with van der Waals surface area (Å²) >= 11 is 17.1. The smallest absolute Gasteiger partial charge is 0.124 e. The molecule has 0 fully saturated rings. The van der Waals surface area contributed by atoms with Gasteiger partial charge in [-0.1, -0.05) is 36.2 Å². The van der Waals surface area contributed by atoms with Gasteiger partial charge in [-0.2, -0.15) is 0 Å². The van der Waals surface area contributed by atoms with Crippen LogP contribution in [-0.2, 0) is 0 Å². The van der Waals surface area contributed by atoms with E-state index in [1.54, 1.807) is 6.07 Å². The molecule has 0 bridgehead atoms. The van der Waals surface area contributed by atoms with Gasteiger partial charge in [0.1, 0.15) is 5.82 Å². The first kappa shape index (κ1) is 15.3. The van der Waals surface area contributed by atoms with Gasteiger partial charge in [0.05, 0.1) is 14.9 Å². The van der Waals surface area contributed by atoms with Gasteiger partial charge < -0.3 is 5.32 Å². The van der Waals surface area contributed by atoms with Gasteiger partial charge in [-0.25, -0.2) is 4.39 Å². The molecule has 19 heavy (non-hydrogen) atoms. The largest absolute Gasteiger partial charge is 0.306 e. The van der Waals surface area contributed by atoms with E-state index in [-0.39, 0.29) is 11.9 Å². The van der Waals surface area contributed by atoms with E-state index in [4.69, 9.17) is 23.2 Å². The van der Waals surface area contributed by atoms with Gasteiger partial charge >= 0.3 is 0 Å². The van der Waals surface area contributed by atoms with Crippen molar-refractivity contribution in [3.8, 4) is 0 Å². The van der Waals surface area contributed by atoms with Crippen molar-refractivity contribution in [3.63, 3.8) is 0 Å². The van der Waals surface area contributed by atoms with Crippen molar-refractivity contribution in [1.29, 1.82) is 0 Å². The molecule has 0 aliphatic rings. The Morgan fingerprint density at radius 3 is 2.58 bits per heavy atom. The van der Waals surface area contributed by atoms with Crippen LogP contribution in [0.2, 0.25) is 10.0 Å². The highest BCUT2D eigenvalue weighted by Gasteiger charge is 2.19. The highest BCUT2D eigenvalue weighted by Crippen LogP contribution is 2.39. The second-order valence-corrected chi connectivity index (χ2v) is 7.14. The maximum Gasteiger partial charge on any atom is 0.124 e. The van der Waals surface area contributed by atoms with E-state index in [1.807, 2.05) is 13.0 Å². The first-order chi connectivity index (χ1) is 9.02. The second-order valence-electron chi connectivity index (χ2n) is 3.93. The van der Waals surface area contributed by atoms with Crippen molar-refractivity contribution in [2.75, 3.05) is 6.54 Å². The molecule has 1 atom stereocenters. The Bertz CT molecular complexity index is 569. The van der Waals surface area contributed by atoms with Crippen LogP contribution in [0.15, 0.2) is 28.1 Å². The third-order valence-electron chi connectivity index (χ3n) is 2.63. The first-order valence-corrected chi connectivity index (χ1v) is 8.02. The predicted molar refractivity (Wildman–Crippen MR) is 84.0 cm³/mol. The summed E-state index contributed by atoms with van der Waals surface area (Å²) in [5.41, 5.74) is 0.843. The van der Waals surface area contributed by atoms with Gasteiger partial charge in [0, 0.05) is 9.90 Å². The summed E-state index contributed by atoms with van der Waals surface area (Å²) in [5.74, 6) is -0.339. The molecular weight excluding hydrogens is 372 g/mol. The van der Waals surface area contributed by atoms with Gasteiger partial charge in [-0.3, -0.25) is 0 Å². The molecule has 0 amide bonds. The van der Waals surface area contributed by atoms with Crippen LogP contribution in [0.3, 0.4) is 0 Å². The monoisotopic (exact) mass is 381 g/mol. The quantitative estimate of drug-likeness (QED) is 0.719. The molecule has 0 radical (unpaired) electrons. The fourth-order valence-corrected chi connectivity index (χ4v) is 3.93. The van der Waals surface area contributed by atoms with E-state index in [1.165, 1.54) is 23.5 Å². The minimum Gasteiger partial charge on any atom is -0.306 e. The number of nitrogens with one attached hydrogen (secondary N) is 1. The molecule has 1 unspecified atom stereocenters. The minimum atomic E-state index is -0.339. The third kappa shape index (κ3) is 3.50. The lowest BCUT2D eigenvalue weighted by molar-refractivity contribution is 0.617. The summed E-state index contributed by atoms with van der Waals surface area (Å²) in [5, 5.41) is 4.42. The van der Waals surface area contributed by atoms with Crippen LogP contribution in [0.25, 0.3) is 0 Å². The van der Waals surface area contributed by atoms with Crippen molar-refractivity contribution in [2.45, 2.75) is 13.0 Å². The maximum atomic E-state index is 13.1. The molecule has 1 heterocycles. The Kier molecular flexibility index (Phi) is 5.26. The maximum absolute atomic E-state index is 13.1. The molecule has 2 aromatic rings. The molecule has 1 aromatic carbocycles. The zero-order valence-electron chi connectivity index (χ0n) is 10.0. The summed E-state index contributed by atoms with van der Waals surface area (Å²) in [7, 11) is 0. The Morgan fingerprint density at radius 2 is 2.05 bits per heavy atom. The van der Waals surface area contributed by atoms with Crippen LogP contribution >= 0.6 is 50.5 Å². The van der Waals surface area contributed by atoms with E-state index in [0.29, 0.717) is 10.0 Å². The van der Waals surface area contributed by atoms with E-state index in [9.17, 15) is 4.39 Å². The molecule has 6 heteroatoms. The molecule has 0 aliphatic heterocycles. The molecule has 102 valence electrons. The van der Waals surface area contributed by atoms with Crippen molar-refractivity contribution >= 4 is 50.5 Å².